The van der Waals surface area contributed by atoms with E-state index in [4.69, 9.17) is 0 Å². The summed E-state index contributed by atoms with van der Waals surface area (Å²) in [5.74, 6) is 0.801. The highest BCUT2D eigenvalue weighted by molar-refractivity contribution is 5.76. The number of halogens is 3. The second kappa shape index (κ2) is 10.7. The van der Waals surface area contributed by atoms with Crippen LogP contribution in [0.15, 0.2) is 47.8 Å². The summed E-state index contributed by atoms with van der Waals surface area (Å²) in [7, 11) is 0. The van der Waals surface area contributed by atoms with Crippen LogP contribution in [0.3, 0.4) is 0 Å². The number of piperidine rings is 1. The van der Waals surface area contributed by atoms with Crippen LogP contribution in [0.2, 0.25) is 0 Å². The summed E-state index contributed by atoms with van der Waals surface area (Å²) < 4.78 is 38.3. The molecule has 0 atom stereocenters. The van der Waals surface area contributed by atoms with Crippen molar-refractivity contribution in [1.82, 2.24) is 20.4 Å². The Morgan fingerprint density at radius 1 is 1.00 bits per heavy atom. The van der Waals surface area contributed by atoms with Gasteiger partial charge in [-0.05, 0) is 44.1 Å². The average molecular weight is 478 g/mol. The molecule has 3 aliphatic heterocycles. The number of hydrogen-bond donors (Lipinski definition) is 2. The normalized spacial score (nSPS) is 20.5. The molecule has 4 rings (SSSR count). The number of alkyl halides is 3. The molecule has 1 aromatic carbocycles. The van der Waals surface area contributed by atoms with Crippen molar-refractivity contribution in [3.63, 3.8) is 0 Å². The predicted molar refractivity (Wildman–Crippen MR) is 127 cm³/mol. The molecule has 34 heavy (non-hydrogen) atoms. The molecule has 0 spiro atoms. The smallest absolute Gasteiger partial charge is 0.369 e. The Labute approximate surface area is 199 Å². The Balaban J connectivity index is 1.13. The molecule has 0 radical (unpaired) electrons. The lowest BCUT2D eigenvalue weighted by atomic mass is 10.0. The van der Waals surface area contributed by atoms with E-state index in [1.807, 2.05) is 0 Å². The van der Waals surface area contributed by atoms with Crippen LogP contribution in [0.1, 0.15) is 24.8 Å². The molecule has 2 N–H and O–H groups in total. The number of amides is 1. The first-order chi connectivity index (χ1) is 16.3. The zero-order valence-electron chi connectivity index (χ0n) is 19.7. The molecule has 6 nitrogen and oxygen atoms in total. The topological polar surface area (TPSA) is 50.9 Å². The van der Waals surface area contributed by atoms with Gasteiger partial charge in [0, 0.05) is 70.5 Å². The van der Waals surface area contributed by atoms with Crippen LogP contribution in [0.4, 0.5) is 18.9 Å². The number of hydrogen-bond acceptors (Lipinski definition) is 5. The number of anilines is 1. The molecular weight excluding hydrogens is 443 g/mol. The Hall–Kier alpha value is -2.68. The van der Waals surface area contributed by atoms with E-state index in [2.05, 4.69) is 56.5 Å². The molecule has 2 saturated heterocycles. The van der Waals surface area contributed by atoms with Crippen molar-refractivity contribution < 1.29 is 18.0 Å². The Morgan fingerprint density at radius 2 is 1.68 bits per heavy atom. The minimum atomic E-state index is -4.29. The van der Waals surface area contributed by atoms with Crippen LogP contribution < -0.4 is 15.5 Å². The number of nitrogens with one attached hydrogen (secondary N) is 2. The molecule has 3 aliphatic rings. The largest absolute Gasteiger partial charge is 0.414 e. The number of dihydropyridines is 1. The van der Waals surface area contributed by atoms with Crippen LogP contribution in [-0.2, 0) is 4.79 Å². The summed E-state index contributed by atoms with van der Waals surface area (Å²) >= 11 is 0. The van der Waals surface area contributed by atoms with Gasteiger partial charge in [-0.3, -0.25) is 9.69 Å². The summed E-state index contributed by atoms with van der Waals surface area (Å²) in [6.45, 7) is 7.90. The van der Waals surface area contributed by atoms with Gasteiger partial charge in [0.25, 0.3) is 0 Å². The van der Waals surface area contributed by atoms with Crippen LogP contribution in [0.5, 0.6) is 0 Å². The third-order valence-electron chi connectivity index (χ3n) is 6.89. The van der Waals surface area contributed by atoms with Crippen molar-refractivity contribution in [1.29, 1.82) is 0 Å². The molecule has 9 heteroatoms. The molecular formula is C25H34F3N5O. The van der Waals surface area contributed by atoms with E-state index < -0.39 is 11.7 Å². The van der Waals surface area contributed by atoms with Gasteiger partial charge in [0.15, 0.2) is 0 Å². The highest BCUT2D eigenvalue weighted by Crippen LogP contribution is 2.27. The third kappa shape index (κ3) is 6.46. The highest BCUT2D eigenvalue weighted by atomic mass is 19.4. The minimum absolute atomic E-state index is 0.0761. The first-order valence-electron chi connectivity index (χ1n) is 12.1. The molecule has 2 fully saturated rings. The zero-order chi connectivity index (χ0) is 24.1. The number of carbonyl (C=O) groups is 1. The van der Waals surface area contributed by atoms with Crippen LogP contribution in [0, 0.1) is 6.92 Å². The molecule has 1 aromatic rings. The number of likely N-dealkylation sites (tertiary alicyclic amines) is 1. The highest BCUT2D eigenvalue weighted by Gasteiger charge is 2.34. The van der Waals surface area contributed by atoms with E-state index in [0.717, 1.165) is 57.5 Å². The fraction of sp³-hybridized carbons (Fsp3) is 0.560. The van der Waals surface area contributed by atoms with Crippen molar-refractivity contribution in [3.05, 3.63) is 53.4 Å². The number of rotatable bonds is 6. The standard InChI is InChI=1S/C25H34F3N5O/c1-19-2-5-22(6-3-19)32-16-14-31(15-17-32)11-10-24(34)30-21-8-12-33(13-9-21)23-7-4-20(18-29-23)25(26,27)28/h2-7,21,29H,8-18H2,1H3,(H,30,34). The maximum absolute atomic E-state index is 12.8. The van der Waals surface area contributed by atoms with Crippen LogP contribution in [-0.4, -0.2) is 80.3 Å². The summed E-state index contributed by atoms with van der Waals surface area (Å²) in [5.41, 5.74) is 1.96. The lowest BCUT2D eigenvalue weighted by molar-refractivity contribution is -0.122. The molecule has 186 valence electrons. The second-order valence-electron chi connectivity index (χ2n) is 9.34. The third-order valence-corrected chi connectivity index (χ3v) is 6.89. The lowest BCUT2D eigenvalue weighted by Gasteiger charge is -2.37. The van der Waals surface area contributed by atoms with Crippen molar-refractivity contribution >= 4 is 11.6 Å². The monoisotopic (exact) mass is 477 g/mol. The number of allylic oxidation sites excluding steroid dienone is 2. The Kier molecular flexibility index (Phi) is 7.70. The van der Waals surface area contributed by atoms with E-state index in [-0.39, 0.29) is 18.5 Å². The van der Waals surface area contributed by atoms with E-state index in [1.165, 1.54) is 17.3 Å². The summed E-state index contributed by atoms with van der Waals surface area (Å²) in [4.78, 5) is 19.3. The van der Waals surface area contributed by atoms with Crippen molar-refractivity contribution in [3.8, 4) is 0 Å². The summed E-state index contributed by atoms with van der Waals surface area (Å²) in [5, 5.41) is 6.02. The molecule has 0 aromatic heterocycles. The molecule has 1 amide bonds. The van der Waals surface area contributed by atoms with Crippen molar-refractivity contribution in [2.45, 2.75) is 38.4 Å². The summed E-state index contributed by atoms with van der Waals surface area (Å²) in [6.07, 6.45) is 0.430. The van der Waals surface area contributed by atoms with Gasteiger partial charge >= 0.3 is 6.18 Å². The number of piperazine rings is 1. The quantitative estimate of drug-likeness (QED) is 0.660. The van der Waals surface area contributed by atoms with E-state index in [0.29, 0.717) is 19.5 Å². The van der Waals surface area contributed by atoms with Crippen molar-refractivity contribution in [2.75, 3.05) is 57.3 Å². The minimum Gasteiger partial charge on any atom is -0.369 e. The van der Waals surface area contributed by atoms with Gasteiger partial charge in [-0.2, -0.15) is 13.2 Å². The number of carbonyl (C=O) groups excluding carboxylic acids is 1. The number of aryl methyl sites for hydroxylation is 1. The zero-order valence-corrected chi connectivity index (χ0v) is 19.7. The van der Waals surface area contributed by atoms with Crippen LogP contribution in [0.25, 0.3) is 0 Å². The SMILES string of the molecule is Cc1ccc(N2CCN(CCC(=O)NC3CCN(C4=CC=C(C(F)(F)F)CN4)CC3)CC2)cc1. The van der Waals surface area contributed by atoms with E-state index in [1.54, 1.807) is 0 Å². The summed E-state index contributed by atoms with van der Waals surface area (Å²) in [6, 6.07) is 8.73. The van der Waals surface area contributed by atoms with Gasteiger partial charge in [-0.25, -0.2) is 0 Å². The van der Waals surface area contributed by atoms with Gasteiger partial charge in [0.05, 0.1) is 5.57 Å². The van der Waals surface area contributed by atoms with Crippen LogP contribution >= 0.6 is 0 Å². The first kappa shape index (κ1) is 24.4. The van der Waals surface area contributed by atoms with E-state index in [9.17, 15) is 18.0 Å². The van der Waals surface area contributed by atoms with Gasteiger partial charge in [-0.1, -0.05) is 17.7 Å². The Bertz CT molecular complexity index is 896. The van der Waals surface area contributed by atoms with Crippen molar-refractivity contribution in [2.24, 2.45) is 0 Å². The fourth-order valence-electron chi connectivity index (χ4n) is 4.70. The van der Waals surface area contributed by atoms with E-state index >= 15 is 0 Å². The molecule has 0 aliphatic carbocycles. The molecule has 0 saturated carbocycles. The average Bonchev–Trinajstić information content (AvgIpc) is 2.84. The number of benzene rings is 1. The maximum Gasteiger partial charge on any atom is 0.414 e. The fourth-order valence-corrected chi connectivity index (χ4v) is 4.70. The Morgan fingerprint density at radius 3 is 2.26 bits per heavy atom. The number of nitrogens with zero attached hydrogens (tertiary/aromatic N) is 3. The predicted octanol–water partition coefficient (Wildman–Crippen LogP) is 3.02. The first-order valence-corrected chi connectivity index (χ1v) is 12.1. The van der Waals surface area contributed by atoms with Gasteiger partial charge in [0.1, 0.15) is 5.82 Å². The molecule has 0 bridgehead atoms. The second-order valence-corrected chi connectivity index (χ2v) is 9.34. The maximum atomic E-state index is 12.8. The van der Waals surface area contributed by atoms with Gasteiger partial charge < -0.3 is 20.4 Å². The molecule has 3 heterocycles. The van der Waals surface area contributed by atoms with Gasteiger partial charge in [0.2, 0.25) is 5.91 Å². The lowest BCUT2D eigenvalue weighted by Crippen LogP contribution is -2.49. The molecule has 0 unspecified atom stereocenters. The van der Waals surface area contributed by atoms with Gasteiger partial charge in [-0.15, -0.1) is 0 Å².